The highest BCUT2D eigenvalue weighted by Gasteiger charge is 2.37. The van der Waals surface area contributed by atoms with E-state index in [1.54, 1.807) is 0 Å². The van der Waals surface area contributed by atoms with E-state index in [4.69, 9.17) is 13.6 Å². The van der Waals surface area contributed by atoms with Gasteiger partial charge >= 0.3 is 8.56 Å². The van der Waals surface area contributed by atoms with E-state index in [-0.39, 0.29) is 11.5 Å². The molecule has 48 heavy (non-hydrogen) atoms. The summed E-state index contributed by atoms with van der Waals surface area (Å²) in [6.07, 6.45) is 6.81. The second-order valence-electron chi connectivity index (χ2n) is 14.1. The molecule has 0 saturated heterocycles. The Morgan fingerprint density at radius 2 is 1.00 bits per heavy atom. The number of hydrogen-bond donors (Lipinski definition) is 0. The molecule has 0 bridgehead atoms. The lowest BCUT2D eigenvalue weighted by Crippen LogP contribution is -2.43. The van der Waals surface area contributed by atoms with Crippen LogP contribution in [0.3, 0.4) is 0 Å². The van der Waals surface area contributed by atoms with E-state index in [9.17, 15) is 0 Å². The molecule has 2 unspecified atom stereocenters. The summed E-state index contributed by atoms with van der Waals surface area (Å²) in [5, 5.41) is 18.0. The Hall–Kier alpha value is -4.06. The van der Waals surface area contributed by atoms with Gasteiger partial charge in [-0.3, -0.25) is 0 Å². The Morgan fingerprint density at radius 3 is 1.42 bits per heavy atom. The van der Waals surface area contributed by atoms with E-state index in [0.717, 1.165) is 18.9 Å². The van der Waals surface area contributed by atoms with Crippen molar-refractivity contribution in [2.75, 3.05) is 20.3 Å². The number of hydrogen-bond acceptors (Lipinski definition) is 3. The number of methoxy groups -OCH3 is 1. The van der Waals surface area contributed by atoms with Gasteiger partial charge in [-0.05, 0) is 187 Å². The quantitative estimate of drug-likeness (QED) is 0.115. The molecule has 0 spiro atoms. The van der Waals surface area contributed by atoms with Gasteiger partial charge in [-0.1, -0.05) is 43.3 Å². The Balaban J connectivity index is 1.17. The first kappa shape index (κ1) is 31.2. The Kier molecular flexibility index (Phi) is 7.88. The monoisotopic (exact) mass is 648 g/mol. The molecule has 242 valence electrons. The second kappa shape index (κ2) is 12.1. The fraction of sp³-hybridized carbons (Fsp3) is 0.273. The van der Waals surface area contributed by atoms with E-state index >= 15 is 0 Å². The minimum atomic E-state index is -2.22. The minimum Gasteiger partial charge on any atom is -0.395 e. The molecule has 1 aliphatic rings. The summed E-state index contributed by atoms with van der Waals surface area (Å²) in [5.41, 5.74) is -0.103. The third-order valence-corrected chi connectivity index (χ3v) is 13.8. The van der Waals surface area contributed by atoms with Gasteiger partial charge in [-0.2, -0.15) is 0 Å². The minimum absolute atomic E-state index is 0.0824. The van der Waals surface area contributed by atoms with Crippen molar-refractivity contribution in [1.82, 2.24) is 0 Å². The first-order chi connectivity index (χ1) is 23.3. The van der Waals surface area contributed by atoms with Crippen molar-refractivity contribution in [1.29, 1.82) is 0 Å². The van der Waals surface area contributed by atoms with Gasteiger partial charge in [-0.25, -0.2) is 0 Å². The smallest absolute Gasteiger partial charge is 0.335 e. The van der Waals surface area contributed by atoms with E-state index in [0.29, 0.717) is 13.2 Å². The van der Waals surface area contributed by atoms with Crippen LogP contribution in [0.15, 0.2) is 97.1 Å². The summed E-state index contributed by atoms with van der Waals surface area (Å²) in [6.45, 7) is 10.0. The fourth-order valence-electron chi connectivity index (χ4n) is 8.21. The summed E-state index contributed by atoms with van der Waals surface area (Å²) in [4.78, 5) is 0. The van der Waals surface area contributed by atoms with Crippen molar-refractivity contribution in [3.63, 3.8) is 0 Å². The van der Waals surface area contributed by atoms with Gasteiger partial charge in [0.05, 0.1) is 6.10 Å². The third-order valence-electron chi connectivity index (χ3n) is 10.8. The molecular weight excluding hydrogens is 605 g/mol. The van der Waals surface area contributed by atoms with Crippen molar-refractivity contribution in [3.8, 4) is 0 Å². The zero-order valence-electron chi connectivity index (χ0n) is 28.7. The third kappa shape index (κ3) is 5.61. The van der Waals surface area contributed by atoms with Crippen molar-refractivity contribution >= 4 is 85.3 Å². The Morgan fingerprint density at radius 1 is 0.604 bits per heavy atom. The van der Waals surface area contributed by atoms with Gasteiger partial charge in [0.1, 0.15) is 0 Å². The van der Waals surface area contributed by atoms with Gasteiger partial charge in [0.25, 0.3) is 0 Å². The first-order valence-electron chi connectivity index (χ1n) is 17.5. The van der Waals surface area contributed by atoms with E-state index < -0.39 is 8.56 Å². The van der Waals surface area contributed by atoms with Crippen molar-refractivity contribution < 1.29 is 13.6 Å². The SMILES string of the molecule is CCO[Si](C)(CCC(OC)C1(C)C=c2cc3cc4cc5cc6cc7cc8ccccc8cc7cc6cc5cc4cc3cc2=CC1)OCC. The summed E-state index contributed by atoms with van der Waals surface area (Å²) < 4.78 is 18.5. The van der Waals surface area contributed by atoms with Crippen LogP contribution in [-0.2, 0) is 13.6 Å². The molecule has 0 aliphatic heterocycles. The number of benzene rings is 7. The molecule has 8 rings (SSSR count). The predicted octanol–water partition coefficient (Wildman–Crippen LogP) is 10.1. The van der Waals surface area contributed by atoms with Crippen LogP contribution >= 0.6 is 0 Å². The van der Waals surface area contributed by atoms with Crippen molar-refractivity contribution in [3.05, 3.63) is 107 Å². The van der Waals surface area contributed by atoms with Crippen LogP contribution in [0.5, 0.6) is 0 Å². The number of ether oxygens (including phenoxy) is 1. The highest BCUT2D eigenvalue weighted by molar-refractivity contribution is 6.66. The second-order valence-corrected chi connectivity index (χ2v) is 17.5. The van der Waals surface area contributed by atoms with Gasteiger partial charge in [0, 0.05) is 25.7 Å². The molecular formula is C44H44O3Si. The molecule has 0 aromatic heterocycles. The summed E-state index contributed by atoms with van der Waals surface area (Å²) >= 11 is 0. The average Bonchev–Trinajstić information content (AvgIpc) is 3.06. The Labute approximate surface area is 283 Å². The molecule has 7 aromatic carbocycles. The topological polar surface area (TPSA) is 27.7 Å². The molecule has 3 nitrogen and oxygen atoms in total. The normalized spacial score (nSPS) is 17.3. The Bertz CT molecular complexity index is 2490. The van der Waals surface area contributed by atoms with Crippen LogP contribution in [0.25, 0.3) is 76.8 Å². The van der Waals surface area contributed by atoms with Crippen LogP contribution in [-0.4, -0.2) is 35.0 Å². The molecule has 0 amide bonds. The van der Waals surface area contributed by atoms with Crippen LogP contribution in [0, 0.1) is 5.41 Å². The molecule has 0 fully saturated rings. The molecule has 0 N–H and O–H groups in total. The molecule has 4 heteroatoms. The lowest BCUT2D eigenvalue weighted by atomic mass is 9.76. The zero-order valence-corrected chi connectivity index (χ0v) is 29.7. The average molecular weight is 649 g/mol. The highest BCUT2D eigenvalue weighted by atomic mass is 28.4. The van der Waals surface area contributed by atoms with Gasteiger partial charge < -0.3 is 13.6 Å². The standard InChI is InChI=1S/C44H44O3Si/c1-6-46-48(5,47-7-2)15-13-43(45-4)44(3)14-12-31-18-34-21-37-24-38-22-35-19-32-16-29-10-8-9-11-30(29)17-33(32)20-36(35)23-39(38)25-40(37)26-41(34)27-42(31)28-44/h8-12,16-28,43H,6-7,13-15H2,1-5H3. The summed E-state index contributed by atoms with van der Waals surface area (Å²) in [5.74, 6) is 0. The van der Waals surface area contributed by atoms with Gasteiger partial charge in [0.2, 0.25) is 0 Å². The van der Waals surface area contributed by atoms with Gasteiger partial charge in [-0.15, -0.1) is 0 Å². The molecule has 1 aliphatic carbocycles. The predicted molar refractivity (Wildman–Crippen MR) is 207 cm³/mol. The number of fused-ring (bicyclic) bond motifs is 7. The molecule has 0 radical (unpaired) electrons. The number of rotatable bonds is 9. The fourth-order valence-corrected chi connectivity index (χ4v) is 10.6. The largest absolute Gasteiger partial charge is 0.395 e. The maximum absolute atomic E-state index is 6.18. The lowest BCUT2D eigenvalue weighted by molar-refractivity contribution is 0.0273. The summed E-state index contributed by atoms with van der Waals surface area (Å²) in [7, 11) is -0.369. The molecule has 0 heterocycles. The van der Waals surface area contributed by atoms with E-state index in [1.165, 1.54) is 75.1 Å². The van der Waals surface area contributed by atoms with Crippen LogP contribution in [0.2, 0.25) is 12.6 Å². The molecule has 7 aromatic rings. The van der Waals surface area contributed by atoms with E-state index in [1.807, 2.05) is 7.11 Å². The maximum atomic E-state index is 6.18. The maximum Gasteiger partial charge on any atom is 0.335 e. The van der Waals surface area contributed by atoms with Crippen LogP contribution < -0.4 is 10.4 Å². The lowest BCUT2D eigenvalue weighted by Gasteiger charge is -2.37. The van der Waals surface area contributed by atoms with Crippen molar-refractivity contribution in [2.45, 2.75) is 52.3 Å². The van der Waals surface area contributed by atoms with Crippen LogP contribution in [0.1, 0.15) is 33.6 Å². The van der Waals surface area contributed by atoms with Gasteiger partial charge in [0.15, 0.2) is 0 Å². The molecule has 0 saturated carbocycles. The zero-order chi connectivity index (χ0) is 33.0. The first-order valence-corrected chi connectivity index (χ1v) is 20.0. The van der Waals surface area contributed by atoms with E-state index in [2.05, 4.69) is 137 Å². The molecule has 2 atom stereocenters. The highest BCUT2D eigenvalue weighted by Crippen LogP contribution is 2.37. The van der Waals surface area contributed by atoms with Crippen LogP contribution in [0.4, 0.5) is 0 Å². The summed E-state index contributed by atoms with van der Waals surface area (Å²) in [6, 6.07) is 37.8. The van der Waals surface area contributed by atoms with Crippen molar-refractivity contribution in [2.24, 2.45) is 5.41 Å².